The van der Waals surface area contributed by atoms with Gasteiger partial charge in [0, 0.05) is 27.2 Å². The summed E-state index contributed by atoms with van der Waals surface area (Å²) in [4.78, 5) is 17.4. The monoisotopic (exact) mass is 840 g/mol. The number of amides is 1. The van der Waals surface area contributed by atoms with Crippen molar-refractivity contribution in [1.29, 1.82) is 0 Å². The first-order chi connectivity index (χ1) is 21.4. The van der Waals surface area contributed by atoms with Crippen molar-refractivity contribution in [3.05, 3.63) is 137 Å². The van der Waals surface area contributed by atoms with Crippen LogP contribution in [-0.4, -0.2) is 17.1 Å². The molecule has 1 aromatic heterocycles. The van der Waals surface area contributed by atoms with Crippen molar-refractivity contribution >= 4 is 102 Å². The number of fused-ring (bicyclic) bond motifs is 1. The number of halogens is 3. The molecule has 0 aliphatic carbocycles. The van der Waals surface area contributed by atoms with Gasteiger partial charge in [-0.3, -0.25) is 4.79 Å². The van der Waals surface area contributed by atoms with Gasteiger partial charge in [0.25, 0.3) is 5.91 Å². The number of carbonyl (C=O) groups is 1. The molecule has 0 saturated carbocycles. The van der Waals surface area contributed by atoms with Gasteiger partial charge >= 0.3 is 0 Å². The number of benzene rings is 5. The molecule has 6 rings (SSSR count). The SMILES string of the molecule is O=C(N/N=C\c1cc(I)c(OCc2ccc3ccccc3c2)c(I)c1)c1ccc(-c2csc(Nc3ccc(Cl)cc3)n2)cc1. The molecule has 0 atom stereocenters. The normalized spacial score (nSPS) is 11.2. The van der Waals surface area contributed by atoms with Crippen molar-refractivity contribution in [2.24, 2.45) is 5.10 Å². The van der Waals surface area contributed by atoms with Gasteiger partial charge in [-0.15, -0.1) is 11.3 Å². The van der Waals surface area contributed by atoms with E-state index in [0.29, 0.717) is 17.2 Å². The van der Waals surface area contributed by atoms with E-state index in [2.05, 4.69) is 96.3 Å². The molecule has 10 heteroatoms. The fraction of sp³-hybridized carbons (Fsp3) is 0.0294. The number of aromatic nitrogens is 1. The molecule has 1 heterocycles. The van der Waals surface area contributed by atoms with E-state index >= 15 is 0 Å². The summed E-state index contributed by atoms with van der Waals surface area (Å²) in [7, 11) is 0. The Morgan fingerprint density at radius 1 is 0.909 bits per heavy atom. The number of hydrogen-bond donors (Lipinski definition) is 2. The largest absolute Gasteiger partial charge is 0.487 e. The molecule has 0 saturated heterocycles. The third kappa shape index (κ3) is 7.57. The molecule has 6 aromatic rings. The van der Waals surface area contributed by atoms with E-state index in [9.17, 15) is 4.79 Å². The van der Waals surface area contributed by atoms with E-state index in [-0.39, 0.29) is 5.91 Å². The molecule has 44 heavy (non-hydrogen) atoms. The summed E-state index contributed by atoms with van der Waals surface area (Å²) in [5, 5.41) is 13.3. The van der Waals surface area contributed by atoms with E-state index in [0.717, 1.165) is 46.1 Å². The van der Waals surface area contributed by atoms with Crippen LogP contribution in [0.4, 0.5) is 10.8 Å². The van der Waals surface area contributed by atoms with Crippen LogP contribution in [0.2, 0.25) is 5.02 Å². The molecule has 1 amide bonds. The molecular weight excluding hydrogens is 818 g/mol. The quantitative estimate of drug-likeness (QED) is 0.0864. The minimum absolute atomic E-state index is 0.295. The Labute approximate surface area is 290 Å². The van der Waals surface area contributed by atoms with Gasteiger partial charge in [-0.25, -0.2) is 10.4 Å². The Kier molecular flexibility index (Phi) is 9.75. The smallest absolute Gasteiger partial charge is 0.271 e. The maximum atomic E-state index is 12.7. The lowest BCUT2D eigenvalue weighted by Crippen LogP contribution is -2.17. The van der Waals surface area contributed by atoms with Crippen LogP contribution in [0.1, 0.15) is 21.5 Å². The summed E-state index contributed by atoms with van der Waals surface area (Å²) in [5.74, 6) is 0.532. The number of carbonyl (C=O) groups excluding carboxylic acids is 1. The zero-order valence-corrected chi connectivity index (χ0v) is 28.8. The first kappa shape index (κ1) is 30.5. The van der Waals surface area contributed by atoms with Gasteiger partial charge in [0.05, 0.1) is 19.0 Å². The van der Waals surface area contributed by atoms with E-state index in [4.69, 9.17) is 16.3 Å². The molecule has 2 N–H and O–H groups in total. The van der Waals surface area contributed by atoms with Gasteiger partial charge in [0.15, 0.2) is 5.13 Å². The molecular formula is C34H23ClI2N4O2S. The van der Waals surface area contributed by atoms with Crippen molar-refractivity contribution in [2.75, 3.05) is 5.32 Å². The predicted octanol–water partition coefficient (Wildman–Crippen LogP) is 9.91. The first-order valence-electron chi connectivity index (χ1n) is 13.4. The highest BCUT2D eigenvalue weighted by Gasteiger charge is 2.11. The lowest BCUT2D eigenvalue weighted by molar-refractivity contribution is 0.0955. The van der Waals surface area contributed by atoms with E-state index in [1.165, 1.54) is 22.1 Å². The maximum Gasteiger partial charge on any atom is 0.271 e. The fourth-order valence-corrected chi connectivity index (χ4v) is 7.41. The van der Waals surface area contributed by atoms with Crippen molar-refractivity contribution in [2.45, 2.75) is 6.61 Å². The second-order valence-electron chi connectivity index (χ2n) is 9.73. The summed E-state index contributed by atoms with van der Waals surface area (Å²) < 4.78 is 8.12. The lowest BCUT2D eigenvalue weighted by atomic mass is 10.1. The standard InChI is InChI=1S/C34H23ClI2N4O2S/c35-27-11-13-28(14-12-27)39-34-40-31(20-44-34)24-7-9-25(10-8-24)33(42)41-38-18-22-16-29(36)32(30(37)17-22)43-19-21-5-6-23-3-1-2-4-26(23)15-21/h1-18,20H,19H2,(H,39,40)(H,41,42)/b38-18-. The molecule has 0 aliphatic heterocycles. The Morgan fingerprint density at radius 3 is 2.39 bits per heavy atom. The predicted molar refractivity (Wildman–Crippen MR) is 198 cm³/mol. The Hall–Kier alpha value is -3.52. The minimum atomic E-state index is -0.295. The van der Waals surface area contributed by atoms with E-state index in [1.54, 1.807) is 18.3 Å². The van der Waals surface area contributed by atoms with E-state index < -0.39 is 0 Å². The molecule has 5 aromatic carbocycles. The Morgan fingerprint density at radius 2 is 1.64 bits per heavy atom. The molecule has 0 unspecified atom stereocenters. The average molecular weight is 841 g/mol. The topological polar surface area (TPSA) is 75.6 Å². The molecule has 0 spiro atoms. The minimum Gasteiger partial charge on any atom is -0.487 e. The van der Waals surface area contributed by atoms with Crippen LogP contribution < -0.4 is 15.5 Å². The van der Waals surface area contributed by atoms with Crippen LogP contribution in [0.25, 0.3) is 22.0 Å². The molecule has 0 aliphatic rings. The Balaban J connectivity index is 1.04. The molecule has 0 fully saturated rings. The number of nitrogens with zero attached hydrogens (tertiary/aromatic N) is 2. The third-order valence-corrected chi connectivity index (χ3v) is 9.25. The molecule has 6 nitrogen and oxygen atoms in total. The van der Waals surface area contributed by atoms with Crippen molar-refractivity contribution in [1.82, 2.24) is 10.4 Å². The second-order valence-corrected chi connectivity index (χ2v) is 13.3. The van der Waals surface area contributed by atoms with Gasteiger partial charge in [-0.2, -0.15) is 5.10 Å². The van der Waals surface area contributed by atoms with Crippen LogP contribution in [0.3, 0.4) is 0 Å². The highest BCUT2D eigenvalue weighted by atomic mass is 127. The summed E-state index contributed by atoms with van der Waals surface area (Å²) in [6.45, 7) is 0.475. The van der Waals surface area contributed by atoms with Crippen LogP contribution in [0, 0.1) is 7.14 Å². The number of nitrogens with one attached hydrogen (secondary N) is 2. The third-order valence-electron chi connectivity index (χ3n) is 6.64. The van der Waals surface area contributed by atoms with Crippen molar-refractivity contribution < 1.29 is 9.53 Å². The number of anilines is 2. The zero-order chi connectivity index (χ0) is 30.5. The zero-order valence-electron chi connectivity index (χ0n) is 22.9. The second kappa shape index (κ2) is 14.1. The summed E-state index contributed by atoms with van der Waals surface area (Å²) >= 11 is 12.0. The van der Waals surface area contributed by atoms with Crippen LogP contribution >= 0.6 is 68.1 Å². The lowest BCUT2D eigenvalue weighted by Gasteiger charge is -2.12. The average Bonchev–Trinajstić information content (AvgIpc) is 3.50. The highest BCUT2D eigenvalue weighted by molar-refractivity contribution is 14.1. The van der Waals surface area contributed by atoms with E-state index in [1.807, 2.05) is 66.0 Å². The fourth-order valence-electron chi connectivity index (χ4n) is 4.42. The molecule has 218 valence electrons. The number of thiazole rings is 1. The number of rotatable bonds is 9. The number of hydrogen-bond acceptors (Lipinski definition) is 6. The number of ether oxygens (including phenoxy) is 1. The first-order valence-corrected chi connectivity index (χ1v) is 16.8. The summed E-state index contributed by atoms with van der Waals surface area (Å²) in [6, 6.07) is 33.3. The van der Waals surface area contributed by atoms with Crippen LogP contribution in [0.15, 0.2) is 114 Å². The van der Waals surface area contributed by atoms with Crippen LogP contribution in [-0.2, 0) is 6.61 Å². The molecule has 0 bridgehead atoms. The van der Waals surface area contributed by atoms with Gasteiger partial charge in [-0.05, 0) is 122 Å². The van der Waals surface area contributed by atoms with Gasteiger partial charge in [0.1, 0.15) is 12.4 Å². The van der Waals surface area contributed by atoms with Crippen LogP contribution in [0.5, 0.6) is 5.75 Å². The summed E-state index contributed by atoms with van der Waals surface area (Å²) in [6.07, 6.45) is 1.63. The van der Waals surface area contributed by atoms with Gasteiger partial charge < -0.3 is 10.1 Å². The molecule has 0 radical (unpaired) electrons. The van der Waals surface area contributed by atoms with Crippen molar-refractivity contribution in [3.8, 4) is 17.0 Å². The van der Waals surface area contributed by atoms with Gasteiger partial charge in [-0.1, -0.05) is 60.1 Å². The maximum absolute atomic E-state index is 12.7. The number of hydrazone groups is 1. The van der Waals surface area contributed by atoms with Gasteiger partial charge in [0.2, 0.25) is 0 Å². The summed E-state index contributed by atoms with van der Waals surface area (Å²) in [5.41, 5.74) is 7.74. The highest BCUT2D eigenvalue weighted by Crippen LogP contribution is 2.30. The van der Waals surface area contributed by atoms with Crippen molar-refractivity contribution in [3.63, 3.8) is 0 Å². The Bertz CT molecular complexity index is 1960.